The third kappa shape index (κ3) is 4.61. The van der Waals surface area contributed by atoms with E-state index in [1.165, 1.54) is 0 Å². The Bertz CT molecular complexity index is 873. The minimum atomic E-state index is -2.77. The summed E-state index contributed by atoms with van der Waals surface area (Å²) in [5.74, 6) is -0.829. The van der Waals surface area contributed by atoms with Crippen molar-refractivity contribution in [2.45, 2.75) is 50.6 Å². The van der Waals surface area contributed by atoms with Crippen LogP contribution in [-0.4, -0.2) is 47.7 Å². The number of amides is 1. The first-order valence-electron chi connectivity index (χ1n) is 9.68. The highest BCUT2D eigenvalue weighted by Gasteiger charge is 2.56. The van der Waals surface area contributed by atoms with Gasteiger partial charge in [0.2, 0.25) is 5.91 Å². The molecule has 4 rings (SSSR count). The number of allylic oxidation sites excluding steroid dienone is 1. The lowest BCUT2D eigenvalue weighted by molar-refractivity contribution is -0.201. The first kappa shape index (κ1) is 21.1. The molecule has 3 aliphatic heterocycles. The van der Waals surface area contributed by atoms with E-state index in [9.17, 15) is 9.36 Å². The normalized spacial score (nSPS) is 30.6. The lowest BCUT2D eigenvalue weighted by atomic mass is 10.1. The average Bonchev–Trinajstić information content (AvgIpc) is 3.20. The van der Waals surface area contributed by atoms with E-state index in [2.05, 4.69) is 0 Å². The number of nitrogens with two attached hydrogens (primary N) is 1. The van der Waals surface area contributed by atoms with Crippen LogP contribution in [0.25, 0.3) is 0 Å². The Kier molecular flexibility index (Phi) is 5.99. The van der Waals surface area contributed by atoms with Gasteiger partial charge in [-0.15, -0.1) is 0 Å². The molecule has 9 nitrogen and oxygen atoms in total. The molecule has 10 heteroatoms. The zero-order chi connectivity index (χ0) is 21.3. The van der Waals surface area contributed by atoms with Gasteiger partial charge in [0.1, 0.15) is 24.1 Å². The van der Waals surface area contributed by atoms with Gasteiger partial charge in [-0.05, 0) is 32.4 Å². The predicted octanol–water partition coefficient (Wildman–Crippen LogP) is 2.31. The van der Waals surface area contributed by atoms with Gasteiger partial charge in [0, 0.05) is 18.0 Å². The topological polar surface area (TPSA) is 110 Å². The monoisotopic (exact) mass is 436 g/mol. The van der Waals surface area contributed by atoms with E-state index in [0.717, 1.165) is 0 Å². The van der Waals surface area contributed by atoms with Gasteiger partial charge < -0.3 is 29.4 Å². The Morgan fingerprint density at radius 3 is 2.73 bits per heavy atom. The van der Waals surface area contributed by atoms with Crippen molar-refractivity contribution >= 4 is 14.2 Å². The van der Waals surface area contributed by atoms with Crippen LogP contribution in [0.4, 0.5) is 0 Å². The Morgan fingerprint density at radius 1 is 1.27 bits per heavy atom. The summed E-state index contributed by atoms with van der Waals surface area (Å²) in [7, 11) is -2.77. The molecule has 0 radical (unpaired) electrons. The second kappa shape index (κ2) is 8.53. The molecular weight excluding hydrogens is 411 g/mol. The lowest BCUT2D eigenvalue weighted by Gasteiger charge is -2.31. The number of carbonyl (C=O) groups excluding carboxylic acids is 1. The Morgan fingerprint density at radius 2 is 2.00 bits per heavy atom. The van der Waals surface area contributed by atoms with Crippen molar-refractivity contribution in [2.75, 3.05) is 6.61 Å². The standard InChI is InChI=1S/C20H25N2O7P/c1-20(2)27-16-15(12-25-30(24)29-14-8-4-3-5-9-14)26-19(17(16)28-20)22-10-6-7-13(11-22)18(21)23/h3-6,8-11,15-17,19,30H,7,12H2,1-2H3,(H2,21,23)/t15?,16-,17-,19-/m1/s1. The minimum Gasteiger partial charge on any atom is -0.426 e. The SMILES string of the molecule is CC1(C)O[C@@H]2[C@H](O1)C(CO[PH](=O)Oc1ccccc1)O[C@H]2N1C=CCC(C(N)=O)=C1. The van der Waals surface area contributed by atoms with Gasteiger partial charge in [0.05, 0.1) is 6.61 Å². The Labute approximate surface area is 175 Å². The molecule has 0 aliphatic carbocycles. The van der Waals surface area contributed by atoms with Crippen LogP contribution >= 0.6 is 8.25 Å². The number of hydrogen-bond donors (Lipinski definition) is 1. The smallest absolute Gasteiger partial charge is 0.367 e. The van der Waals surface area contributed by atoms with Crippen molar-refractivity contribution in [1.29, 1.82) is 0 Å². The zero-order valence-corrected chi connectivity index (χ0v) is 17.7. The molecule has 5 atom stereocenters. The quantitative estimate of drug-likeness (QED) is 0.649. The van der Waals surface area contributed by atoms with Crippen molar-refractivity contribution in [3.05, 3.63) is 54.4 Å². The van der Waals surface area contributed by atoms with E-state index in [-0.39, 0.29) is 6.61 Å². The number of primary amides is 1. The van der Waals surface area contributed by atoms with Gasteiger partial charge in [-0.1, -0.05) is 24.3 Å². The van der Waals surface area contributed by atoms with Crippen LogP contribution < -0.4 is 10.3 Å². The largest absolute Gasteiger partial charge is 0.426 e. The first-order valence-corrected chi connectivity index (χ1v) is 10.9. The molecule has 0 bridgehead atoms. The molecule has 0 saturated carbocycles. The van der Waals surface area contributed by atoms with E-state index < -0.39 is 44.5 Å². The fourth-order valence-corrected chi connectivity index (χ4v) is 4.39. The zero-order valence-electron chi connectivity index (χ0n) is 16.7. The maximum absolute atomic E-state index is 12.2. The van der Waals surface area contributed by atoms with Crippen LogP contribution in [0.5, 0.6) is 5.75 Å². The van der Waals surface area contributed by atoms with Crippen molar-refractivity contribution in [3.63, 3.8) is 0 Å². The number of benzene rings is 1. The van der Waals surface area contributed by atoms with Gasteiger partial charge in [-0.3, -0.25) is 9.32 Å². The highest BCUT2D eigenvalue weighted by molar-refractivity contribution is 7.33. The molecule has 1 amide bonds. The van der Waals surface area contributed by atoms with E-state index in [0.29, 0.717) is 17.7 Å². The van der Waals surface area contributed by atoms with Gasteiger partial charge >= 0.3 is 8.25 Å². The predicted molar refractivity (Wildman–Crippen MR) is 107 cm³/mol. The highest BCUT2D eigenvalue weighted by Crippen LogP contribution is 2.41. The van der Waals surface area contributed by atoms with E-state index >= 15 is 0 Å². The van der Waals surface area contributed by atoms with Crippen molar-refractivity contribution < 1.29 is 32.6 Å². The fourth-order valence-electron chi connectivity index (χ4n) is 3.70. The highest BCUT2D eigenvalue weighted by atomic mass is 31.1. The molecule has 162 valence electrons. The van der Waals surface area contributed by atoms with Crippen molar-refractivity contribution in [3.8, 4) is 5.75 Å². The molecule has 2 saturated heterocycles. The van der Waals surface area contributed by atoms with Crippen LogP contribution in [0.15, 0.2) is 54.4 Å². The summed E-state index contributed by atoms with van der Waals surface area (Å²) in [5, 5.41) is 0. The van der Waals surface area contributed by atoms with E-state index in [4.69, 9.17) is 29.0 Å². The molecule has 3 aliphatic rings. The molecular formula is C20H25N2O7P. The molecule has 30 heavy (non-hydrogen) atoms. The van der Waals surface area contributed by atoms with Crippen LogP contribution in [0.3, 0.4) is 0 Å². The van der Waals surface area contributed by atoms with Crippen LogP contribution in [0, 0.1) is 0 Å². The summed E-state index contributed by atoms with van der Waals surface area (Å²) in [6, 6.07) is 8.80. The summed E-state index contributed by atoms with van der Waals surface area (Å²) in [4.78, 5) is 13.3. The number of nitrogens with zero attached hydrogens (tertiary/aromatic N) is 1. The summed E-state index contributed by atoms with van der Waals surface area (Å²) < 4.78 is 41.1. The number of hydrogen-bond acceptors (Lipinski definition) is 8. The summed E-state index contributed by atoms with van der Waals surface area (Å²) >= 11 is 0. The minimum absolute atomic E-state index is 0.00564. The number of fused-ring (bicyclic) bond motifs is 1. The molecule has 3 heterocycles. The van der Waals surface area contributed by atoms with Crippen molar-refractivity contribution in [2.24, 2.45) is 5.73 Å². The van der Waals surface area contributed by atoms with Gasteiger partial charge in [0.25, 0.3) is 0 Å². The van der Waals surface area contributed by atoms with Gasteiger partial charge in [0.15, 0.2) is 12.0 Å². The van der Waals surface area contributed by atoms with Crippen LogP contribution in [-0.2, 0) is 28.1 Å². The Hall–Kier alpha value is -2.16. The number of para-hydroxylation sites is 1. The van der Waals surface area contributed by atoms with Crippen molar-refractivity contribution in [1.82, 2.24) is 4.90 Å². The molecule has 1 aromatic carbocycles. The molecule has 1 aromatic rings. The van der Waals surface area contributed by atoms with E-state index in [1.54, 1.807) is 35.4 Å². The van der Waals surface area contributed by atoms with Crippen LogP contribution in [0.2, 0.25) is 0 Å². The summed E-state index contributed by atoms with van der Waals surface area (Å²) in [6.45, 7) is 3.64. The molecule has 0 aromatic heterocycles. The third-order valence-electron chi connectivity index (χ3n) is 4.97. The second-order valence-electron chi connectivity index (χ2n) is 7.66. The molecule has 0 spiro atoms. The maximum atomic E-state index is 12.2. The summed E-state index contributed by atoms with van der Waals surface area (Å²) in [5.41, 5.74) is 5.89. The first-order chi connectivity index (χ1) is 14.3. The molecule has 2 unspecified atom stereocenters. The average molecular weight is 436 g/mol. The van der Waals surface area contributed by atoms with E-state index in [1.807, 2.05) is 32.2 Å². The molecule has 2 N–H and O–H groups in total. The number of rotatable bonds is 7. The summed E-state index contributed by atoms with van der Waals surface area (Å²) in [6.07, 6.45) is 3.81. The van der Waals surface area contributed by atoms with Gasteiger partial charge in [-0.25, -0.2) is 4.57 Å². The number of carbonyl (C=O) groups is 1. The maximum Gasteiger partial charge on any atom is 0.367 e. The molecule has 2 fully saturated rings. The third-order valence-corrected chi connectivity index (χ3v) is 5.77. The number of ether oxygens (including phenoxy) is 3. The second-order valence-corrected chi connectivity index (χ2v) is 8.65. The van der Waals surface area contributed by atoms with Crippen LogP contribution in [0.1, 0.15) is 20.3 Å². The fraction of sp³-hybridized carbons (Fsp3) is 0.450. The lowest BCUT2D eigenvalue weighted by Crippen LogP contribution is -2.40. The Balaban J connectivity index is 1.44. The van der Waals surface area contributed by atoms with Gasteiger partial charge in [-0.2, -0.15) is 0 Å².